The highest BCUT2D eigenvalue weighted by Gasteiger charge is 2.18. The topological polar surface area (TPSA) is 64.9 Å². The standard InChI is InChI=1S/C13H18ClN5O/c1-8-9(13(14)19(3)18-8)7-11(15-2)10-5-6-12(20-4)17-16-10/h5-6,11,15H,7H2,1-4H3. The highest BCUT2D eigenvalue weighted by Crippen LogP contribution is 2.25. The van der Waals surface area contributed by atoms with Crippen LogP contribution in [0.5, 0.6) is 5.88 Å². The van der Waals surface area contributed by atoms with Crippen LogP contribution in [0.1, 0.15) is 23.0 Å². The zero-order valence-corrected chi connectivity index (χ0v) is 12.8. The zero-order chi connectivity index (χ0) is 14.7. The molecule has 2 rings (SSSR count). The molecule has 1 N–H and O–H groups in total. The minimum Gasteiger partial charge on any atom is -0.480 e. The minimum absolute atomic E-state index is 0.0220. The van der Waals surface area contributed by atoms with Crippen LogP contribution in [0.15, 0.2) is 12.1 Å². The van der Waals surface area contributed by atoms with Gasteiger partial charge in [-0.15, -0.1) is 5.10 Å². The fraction of sp³-hybridized carbons (Fsp3) is 0.462. The Balaban J connectivity index is 2.23. The van der Waals surface area contributed by atoms with Gasteiger partial charge in [0.1, 0.15) is 5.15 Å². The molecule has 20 heavy (non-hydrogen) atoms. The van der Waals surface area contributed by atoms with E-state index in [4.69, 9.17) is 16.3 Å². The summed E-state index contributed by atoms with van der Waals surface area (Å²) in [6.45, 7) is 1.95. The lowest BCUT2D eigenvalue weighted by atomic mass is 10.0. The van der Waals surface area contributed by atoms with Gasteiger partial charge < -0.3 is 10.1 Å². The number of likely N-dealkylation sites (N-methyl/N-ethyl adjacent to an activating group) is 1. The molecule has 0 aliphatic heterocycles. The molecule has 2 heterocycles. The number of hydrogen-bond acceptors (Lipinski definition) is 5. The maximum absolute atomic E-state index is 6.27. The Hall–Kier alpha value is -1.66. The van der Waals surface area contributed by atoms with E-state index in [-0.39, 0.29) is 6.04 Å². The van der Waals surface area contributed by atoms with E-state index >= 15 is 0 Å². The van der Waals surface area contributed by atoms with E-state index in [9.17, 15) is 0 Å². The molecule has 0 spiro atoms. The number of rotatable bonds is 5. The van der Waals surface area contributed by atoms with Crippen molar-refractivity contribution in [2.24, 2.45) is 7.05 Å². The normalized spacial score (nSPS) is 12.4. The second kappa shape index (κ2) is 6.19. The number of ether oxygens (including phenoxy) is 1. The maximum Gasteiger partial charge on any atom is 0.233 e. The molecule has 0 saturated heterocycles. The van der Waals surface area contributed by atoms with Crippen LogP contribution in [0.3, 0.4) is 0 Å². The lowest BCUT2D eigenvalue weighted by Crippen LogP contribution is -2.20. The predicted molar refractivity (Wildman–Crippen MR) is 77.0 cm³/mol. The van der Waals surface area contributed by atoms with Gasteiger partial charge in [-0.3, -0.25) is 4.68 Å². The van der Waals surface area contributed by atoms with Crippen molar-refractivity contribution in [1.29, 1.82) is 0 Å². The Morgan fingerprint density at radius 3 is 2.60 bits per heavy atom. The van der Waals surface area contributed by atoms with Crippen LogP contribution in [0.25, 0.3) is 0 Å². The molecule has 7 heteroatoms. The van der Waals surface area contributed by atoms with Crippen molar-refractivity contribution in [2.45, 2.75) is 19.4 Å². The third kappa shape index (κ3) is 2.91. The molecule has 0 aromatic carbocycles. The molecule has 0 aliphatic carbocycles. The minimum atomic E-state index is 0.0220. The van der Waals surface area contributed by atoms with E-state index in [0.717, 1.165) is 17.0 Å². The van der Waals surface area contributed by atoms with Crippen LogP contribution in [0.4, 0.5) is 0 Å². The van der Waals surface area contributed by atoms with Crippen LogP contribution >= 0.6 is 11.6 Å². The van der Waals surface area contributed by atoms with Gasteiger partial charge in [0.15, 0.2) is 0 Å². The van der Waals surface area contributed by atoms with Gasteiger partial charge in [0.05, 0.1) is 24.5 Å². The molecule has 0 radical (unpaired) electrons. The van der Waals surface area contributed by atoms with Crippen molar-refractivity contribution in [3.8, 4) is 5.88 Å². The second-order valence-corrected chi connectivity index (χ2v) is 4.88. The molecule has 0 fully saturated rings. The number of aryl methyl sites for hydroxylation is 2. The van der Waals surface area contributed by atoms with Gasteiger partial charge in [-0.05, 0) is 26.5 Å². The summed E-state index contributed by atoms with van der Waals surface area (Å²) in [7, 11) is 5.29. The van der Waals surface area contributed by atoms with Gasteiger partial charge in [-0.25, -0.2) is 0 Å². The van der Waals surface area contributed by atoms with Crippen LogP contribution in [-0.2, 0) is 13.5 Å². The molecule has 1 unspecified atom stereocenters. The molecular formula is C13H18ClN5O. The summed E-state index contributed by atoms with van der Waals surface area (Å²) >= 11 is 6.27. The van der Waals surface area contributed by atoms with E-state index in [1.54, 1.807) is 17.9 Å². The van der Waals surface area contributed by atoms with Crippen LogP contribution < -0.4 is 10.1 Å². The fourth-order valence-corrected chi connectivity index (χ4v) is 2.34. The molecule has 108 valence electrons. The molecule has 0 amide bonds. The first-order valence-electron chi connectivity index (χ1n) is 6.29. The summed E-state index contributed by atoms with van der Waals surface area (Å²) in [5, 5.41) is 16.4. The highest BCUT2D eigenvalue weighted by atomic mass is 35.5. The van der Waals surface area contributed by atoms with Crippen molar-refractivity contribution >= 4 is 11.6 Å². The monoisotopic (exact) mass is 295 g/mol. The van der Waals surface area contributed by atoms with E-state index in [0.29, 0.717) is 17.5 Å². The zero-order valence-electron chi connectivity index (χ0n) is 12.0. The van der Waals surface area contributed by atoms with E-state index in [1.807, 2.05) is 27.1 Å². The smallest absolute Gasteiger partial charge is 0.233 e. The first-order valence-corrected chi connectivity index (χ1v) is 6.67. The Bertz CT molecular complexity index is 581. The number of hydrogen-bond donors (Lipinski definition) is 1. The average molecular weight is 296 g/mol. The van der Waals surface area contributed by atoms with E-state index in [2.05, 4.69) is 20.6 Å². The quantitative estimate of drug-likeness (QED) is 0.909. The number of nitrogens with one attached hydrogen (secondary N) is 1. The summed E-state index contributed by atoms with van der Waals surface area (Å²) in [5.74, 6) is 0.499. The number of methoxy groups -OCH3 is 1. The van der Waals surface area contributed by atoms with Gasteiger partial charge in [-0.1, -0.05) is 11.6 Å². The summed E-state index contributed by atoms with van der Waals surface area (Å²) < 4.78 is 6.69. The Kier molecular flexibility index (Phi) is 4.57. The largest absolute Gasteiger partial charge is 0.480 e. The summed E-state index contributed by atoms with van der Waals surface area (Å²) in [5.41, 5.74) is 2.79. The van der Waals surface area contributed by atoms with Crippen molar-refractivity contribution in [3.63, 3.8) is 0 Å². The van der Waals surface area contributed by atoms with Gasteiger partial charge in [0, 0.05) is 18.7 Å². The molecular weight excluding hydrogens is 278 g/mol. The molecule has 0 aliphatic rings. The molecule has 2 aromatic rings. The lowest BCUT2D eigenvalue weighted by molar-refractivity contribution is 0.389. The summed E-state index contributed by atoms with van der Waals surface area (Å²) in [6.07, 6.45) is 0.704. The molecule has 2 aromatic heterocycles. The summed E-state index contributed by atoms with van der Waals surface area (Å²) in [4.78, 5) is 0. The van der Waals surface area contributed by atoms with Crippen molar-refractivity contribution in [2.75, 3.05) is 14.2 Å². The molecule has 0 bridgehead atoms. The Morgan fingerprint density at radius 2 is 2.15 bits per heavy atom. The third-order valence-electron chi connectivity index (χ3n) is 3.25. The van der Waals surface area contributed by atoms with Gasteiger partial charge >= 0.3 is 0 Å². The first-order chi connectivity index (χ1) is 9.56. The van der Waals surface area contributed by atoms with Crippen molar-refractivity contribution in [3.05, 3.63) is 34.2 Å². The number of nitrogens with zero attached hydrogens (tertiary/aromatic N) is 4. The number of halogens is 1. The molecule has 6 nitrogen and oxygen atoms in total. The van der Waals surface area contributed by atoms with E-state index < -0.39 is 0 Å². The maximum atomic E-state index is 6.27. The van der Waals surface area contributed by atoms with Crippen molar-refractivity contribution < 1.29 is 4.74 Å². The number of aromatic nitrogens is 4. The van der Waals surface area contributed by atoms with E-state index in [1.165, 1.54) is 0 Å². The summed E-state index contributed by atoms with van der Waals surface area (Å²) in [6, 6.07) is 3.71. The Labute approximate surface area is 123 Å². The predicted octanol–water partition coefficient (Wildman–Crippen LogP) is 1.68. The van der Waals surface area contributed by atoms with Crippen molar-refractivity contribution in [1.82, 2.24) is 25.3 Å². The highest BCUT2D eigenvalue weighted by molar-refractivity contribution is 6.30. The molecule has 0 saturated carbocycles. The molecule has 1 atom stereocenters. The van der Waals surface area contributed by atoms with Gasteiger partial charge in [-0.2, -0.15) is 10.2 Å². The van der Waals surface area contributed by atoms with Crippen LogP contribution in [0, 0.1) is 6.92 Å². The van der Waals surface area contributed by atoms with Gasteiger partial charge in [0.2, 0.25) is 5.88 Å². The van der Waals surface area contributed by atoms with Gasteiger partial charge in [0.25, 0.3) is 0 Å². The van der Waals surface area contributed by atoms with Crippen LogP contribution in [0.2, 0.25) is 5.15 Å². The SMILES string of the molecule is CNC(Cc1c(C)nn(C)c1Cl)c1ccc(OC)nn1. The Morgan fingerprint density at radius 1 is 1.40 bits per heavy atom. The first kappa shape index (κ1) is 14.7. The lowest BCUT2D eigenvalue weighted by Gasteiger charge is -2.15. The van der Waals surface area contributed by atoms with Crippen LogP contribution in [-0.4, -0.2) is 34.1 Å². The average Bonchev–Trinajstić information content (AvgIpc) is 2.70. The fourth-order valence-electron chi connectivity index (χ4n) is 2.09. The second-order valence-electron chi connectivity index (χ2n) is 4.52. The third-order valence-corrected chi connectivity index (χ3v) is 3.73.